The average Bonchev–Trinajstić information content (AvgIpc) is 2.65. The van der Waals surface area contributed by atoms with Crippen molar-refractivity contribution in [1.82, 2.24) is 0 Å². The summed E-state index contributed by atoms with van der Waals surface area (Å²) in [6.07, 6.45) is 1.08. The first-order valence-corrected chi connectivity index (χ1v) is 6.60. The first kappa shape index (κ1) is 10.1. The van der Waals surface area contributed by atoms with E-state index in [4.69, 9.17) is 4.74 Å². The van der Waals surface area contributed by atoms with Gasteiger partial charge in [0.05, 0.1) is 6.61 Å². The lowest BCUT2D eigenvalue weighted by Gasteiger charge is -2.19. The monoisotopic (exact) mass is 228 g/mol. The van der Waals surface area contributed by atoms with Crippen LogP contribution in [0.4, 0.5) is 0 Å². The summed E-state index contributed by atoms with van der Waals surface area (Å²) in [5.74, 6) is 0.939. The molecule has 0 aromatic carbocycles. The molecule has 1 aliphatic heterocycles. The quantitative estimate of drug-likeness (QED) is 0.728. The van der Waals surface area contributed by atoms with Crippen LogP contribution >= 0.6 is 23.1 Å². The Kier molecular flexibility index (Phi) is 3.13. The Hall–Kier alpha value is -0.480. The number of thioether (sulfide) groups is 1. The number of aryl methyl sites for hydroxylation is 1. The molecule has 0 spiro atoms. The summed E-state index contributed by atoms with van der Waals surface area (Å²) < 4.78 is 5.05. The van der Waals surface area contributed by atoms with Gasteiger partial charge in [-0.15, -0.1) is 23.1 Å². The van der Waals surface area contributed by atoms with Crippen molar-refractivity contribution in [2.45, 2.75) is 18.6 Å². The Labute approximate surface area is 91.7 Å². The van der Waals surface area contributed by atoms with Gasteiger partial charge in [0, 0.05) is 4.88 Å². The summed E-state index contributed by atoms with van der Waals surface area (Å²) in [5, 5.41) is 1.99. The Morgan fingerprint density at radius 1 is 1.71 bits per heavy atom. The molecule has 0 bridgehead atoms. The van der Waals surface area contributed by atoms with Crippen LogP contribution in [0.25, 0.3) is 0 Å². The first-order chi connectivity index (χ1) is 6.83. The lowest BCUT2D eigenvalue weighted by atomic mass is 10.1. The fourth-order valence-electron chi connectivity index (χ4n) is 1.54. The molecule has 0 fully saturated rings. The summed E-state index contributed by atoms with van der Waals surface area (Å²) in [7, 11) is 0. The molecule has 76 valence electrons. The van der Waals surface area contributed by atoms with Crippen LogP contribution < -0.4 is 0 Å². The zero-order valence-corrected chi connectivity index (χ0v) is 9.62. The maximum absolute atomic E-state index is 11.6. The number of rotatable bonds is 2. The highest BCUT2D eigenvalue weighted by Gasteiger charge is 2.29. The fraction of sp³-hybridized carbons (Fsp3) is 0.500. The third kappa shape index (κ3) is 1.81. The molecule has 2 heterocycles. The first-order valence-electron chi connectivity index (χ1n) is 4.67. The summed E-state index contributed by atoms with van der Waals surface area (Å²) >= 11 is 3.36. The van der Waals surface area contributed by atoms with E-state index in [9.17, 15) is 4.79 Å². The fourth-order valence-corrected chi connectivity index (χ4v) is 3.91. The van der Waals surface area contributed by atoms with Crippen molar-refractivity contribution >= 4 is 29.1 Å². The molecular formula is C10H12O2S2. The SMILES string of the molecule is CCOC(=O)C1SCCc2ccsc21. The molecule has 1 aromatic rings. The van der Waals surface area contributed by atoms with Gasteiger partial charge in [-0.2, -0.15) is 0 Å². The van der Waals surface area contributed by atoms with Gasteiger partial charge in [-0.3, -0.25) is 4.79 Å². The topological polar surface area (TPSA) is 26.3 Å². The number of carbonyl (C=O) groups is 1. The van der Waals surface area contributed by atoms with Gasteiger partial charge in [0.15, 0.2) is 0 Å². The number of thiophene rings is 1. The van der Waals surface area contributed by atoms with Crippen molar-refractivity contribution < 1.29 is 9.53 Å². The van der Waals surface area contributed by atoms with E-state index in [0.29, 0.717) is 6.61 Å². The van der Waals surface area contributed by atoms with Gasteiger partial charge in [-0.25, -0.2) is 0 Å². The molecular weight excluding hydrogens is 216 g/mol. The van der Waals surface area contributed by atoms with Gasteiger partial charge in [0.25, 0.3) is 0 Å². The van der Waals surface area contributed by atoms with Crippen LogP contribution in [-0.2, 0) is 16.0 Å². The van der Waals surface area contributed by atoms with Crippen LogP contribution in [0.2, 0.25) is 0 Å². The smallest absolute Gasteiger partial charge is 0.324 e. The molecule has 14 heavy (non-hydrogen) atoms. The molecule has 0 N–H and O–H groups in total. The van der Waals surface area contributed by atoms with Gasteiger partial charge < -0.3 is 4.74 Å². The lowest BCUT2D eigenvalue weighted by Crippen LogP contribution is -2.17. The highest BCUT2D eigenvalue weighted by atomic mass is 32.2. The van der Waals surface area contributed by atoms with Crippen molar-refractivity contribution in [3.8, 4) is 0 Å². The minimum atomic E-state index is -0.0825. The summed E-state index contributed by atoms with van der Waals surface area (Å²) in [5.41, 5.74) is 1.33. The maximum atomic E-state index is 11.6. The minimum Gasteiger partial charge on any atom is -0.465 e. The maximum Gasteiger partial charge on any atom is 0.324 e. The Bertz CT molecular complexity index is 333. The zero-order chi connectivity index (χ0) is 9.97. The molecule has 0 saturated carbocycles. The predicted octanol–water partition coefficient (Wildman–Crippen LogP) is 2.64. The second-order valence-corrected chi connectivity index (χ2v) is 5.22. The molecule has 0 radical (unpaired) electrons. The standard InChI is InChI=1S/C10H12O2S2/c1-2-12-10(11)9-8-7(3-5-13-8)4-6-14-9/h3,5,9H,2,4,6H2,1H3. The van der Waals surface area contributed by atoms with E-state index >= 15 is 0 Å². The molecule has 1 unspecified atom stereocenters. The summed E-state index contributed by atoms with van der Waals surface area (Å²) in [4.78, 5) is 12.8. The highest BCUT2D eigenvalue weighted by Crippen LogP contribution is 2.40. The molecule has 1 aromatic heterocycles. The number of hydrogen-bond donors (Lipinski definition) is 0. The normalized spacial score (nSPS) is 20.2. The van der Waals surface area contributed by atoms with Crippen LogP contribution in [0.3, 0.4) is 0 Å². The van der Waals surface area contributed by atoms with E-state index in [2.05, 4.69) is 11.4 Å². The van der Waals surface area contributed by atoms with E-state index < -0.39 is 0 Å². The molecule has 1 aliphatic rings. The molecule has 0 amide bonds. The molecule has 0 aliphatic carbocycles. The van der Waals surface area contributed by atoms with Crippen molar-refractivity contribution in [2.75, 3.05) is 12.4 Å². The van der Waals surface area contributed by atoms with Crippen LogP contribution in [-0.4, -0.2) is 18.3 Å². The van der Waals surface area contributed by atoms with E-state index in [1.165, 1.54) is 10.4 Å². The van der Waals surface area contributed by atoms with Crippen LogP contribution in [0.15, 0.2) is 11.4 Å². The third-order valence-electron chi connectivity index (χ3n) is 2.18. The van der Waals surface area contributed by atoms with Crippen molar-refractivity contribution in [2.24, 2.45) is 0 Å². The zero-order valence-electron chi connectivity index (χ0n) is 7.99. The highest BCUT2D eigenvalue weighted by molar-refractivity contribution is 8.00. The Morgan fingerprint density at radius 3 is 3.36 bits per heavy atom. The van der Waals surface area contributed by atoms with Gasteiger partial charge >= 0.3 is 5.97 Å². The number of hydrogen-bond acceptors (Lipinski definition) is 4. The van der Waals surface area contributed by atoms with Crippen molar-refractivity contribution in [1.29, 1.82) is 0 Å². The van der Waals surface area contributed by atoms with E-state index in [0.717, 1.165) is 12.2 Å². The molecule has 0 saturated heterocycles. The Morgan fingerprint density at radius 2 is 2.57 bits per heavy atom. The van der Waals surface area contributed by atoms with Gasteiger partial charge in [-0.1, -0.05) is 0 Å². The molecule has 2 nitrogen and oxygen atoms in total. The summed E-state index contributed by atoms with van der Waals surface area (Å²) in [6, 6.07) is 2.12. The van der Waals surface area contributed by atoms with Crippen molar-refractivity contribution in [3.63, 3.8) is 0 Å². The number of ether oxygens (including phenoxy) is 1. The molecule has 1 atom stereocenters. The van der Waals surface area contributed by atoms with E-state index in [1.807, 2.05) is 6.92 Å². The van der Waals surface area contributed by atoms with E-state index in [-0.39, 0.29) is 11.2 Å². The number of esters is 1. The van der Waals surface area contributed by atoms with Gasteiger partial charge in [0.1, 0.15) is 5.25 Å². The van der Waals surface area contributed by atoms with Crippen LogP contribution in [0.1, 0.15) is 22.6 Å². The predicted molar refractivity (Wildman–Crippen MR) is 59.9 cm³/mol. The van der Waals surface area contributed by atoms with E-state index in [1.54, 1.807) is 23.1 Å². The van der Waals surface area contributed by atoms with Crippen LogP contribution in [0.5, 0.6) is 0 Å². The summed E-state index contributed by atoms with van der Waals surface area (Å²) in [6.45, 7) is 2.32. The van der Waals surface area contributed by atoms with Gasteiger partial charge in [0.2, 0.25) is 0 Å². The second-order valence-electron chi connectivity index (χ2n) is 3.06. The third-order valence-corrected chi connectivity index (χ3v) is 4.55. The van der Waals surface area contributed by atoms with Gasteiger partial charge in [-0.05, 0) is 36.1 Å². The van der Waals surface area contributed by atoms with Crippen molar-refractivity contribution in [3.05, 3.63) is 21.9 Å². The van der Waals surface area contributed by atoms with Crippen LogP contribution in [0, 0.1) is 0 Å². The largest absolute Gasteiger partial charge is 0.465 e. The lowest BCUT2D eigenvalue weighted by molar-refractivity contribution is -0.142. The number of carbonyl (C=O) groups excluding carboxylic acids is 1. The number of fused-ring (bicyclic) bond motifs is 1. The second kappa shape index (κ2) is 4.36. The molecule has 4 heteroatoms. The Balaban J connectivity index is 2.19. The average molecular weight is 228 g/mol. The molecule has 2 rings (SSSR count). The minimum absolute atomic E-state index is 0.0706.